The van der Waals surface area contributed by atoms with Crippen LogP contribution in [-0.2, 0) is 0 Å². The molecular weight excluding hydrogens is 192 g/mol. The van der Waals surface area contributed by atoms with Gasteiger partial charge in [-0.3, -0.25) is 0 Å². The second kappa shape index (κ2) is 3.97. The topological polar surface area (TPSA) is 0 Å². The molecule has 0 N–H and O–H groups in total. The second-order valence-corrected chi connectivity index (χ2v) is 4.16. The molecule has 0 fully saturated rings. The summed E-state index contributed by atoms with van der Waals surface area (Å²) in [5.74, 6) is 0. The number of rotatable bonds is 2. The van der Waals surface area contributed by atoms with E-state index in [0.29, 0.717) is 0 Å². The van der Waals surface area contributed by atoms with Gasteiger partial charge in [-0.25, -0.2) is 0 Å². The Hall–Kier alpha value is -1.82. The Morgan fingerprint density at radius 1 is 0.875 bits per heavy atom. The van der Waals surface area contributed by atoms with Gasteiger partial charge >= 0.3 is 0 Å². The molecule has 1 aromatic carbocycles. The van der Waals surface area contributed by atoms with Gasteiger partial charge in [0.2, 0.25) is 0 Å². The molecule has 0 aliphatic heterocycles. The molecule has 0 heteroatoms. The lowest BCUT2D eigenvalue weighted by atomic mass is 9.94. The summed E-state index contributed by atoms with van der Waals surface area (Å²) < 4.78 is 0. The van der Waals surface area contributed by atoms with E-state index in [1.165, 1.54) is 22.3 Å². The van der Waals surface area contributed by atoms with Crippen molar-refractivity contribution < 1.29 is 0 Å². The van der Waals surface area contributed by atoms with Crippen molar-refractivity contribution in [2.75, 3.05) is 0 Å². The first-order valence-corrected chi connectivity index (χ1v) is 5.77. The summed E-state index contributed by atoms with van der Waals surface area (Å²) in [5, 5.41) is 0. The quantitative estimate of drug-likeness (QED) is 0.677. The van der Waals surface area contributed by atoms with Crippen molar-refractivity contribution >= 4 is 5.57 Å². The first kappa shape index (κ1) is 9.41. The summed E-state index contributed by atoms with van der Waals surface area (Å²) in [6, 6.07) is 10.7. The smallest absolute Gasteiger partial charge is 0.00883 e. The molecule has 2 aliphatic carbocycles. The Morgan fingerprint density at radius 2 is 1.69 bits per heavy atom. The van der Waals surface area contributed by atoms with Gasteiger partial charge in [0.25, 0.3) is 0 Å². The predicted octanol–water partition coefficient (Wildman–Crippen LogP) is 4.29. The monoisotopic (exact) mass is 206 g/mol. The van der Waals surface area contributed by atoms with Crippen LogP contribution in [-0.4, -0.2) is 0 Å². The van der Waals surface area contributed by atoms with E-state index in [2.05, 4.69) is 60.7 Å². The molecule has 0 atom stereocenters. The van der Waals surface area contributed by atoms with Crippen molar-refractivity contribution in [1.82, 2.24) is 0 Å². The van der Waals surface area contributed by atoms with Crippen LogP contribution in [0.1, 0.15) is 18.4 Å². The van der Waals surface area contributed by atoms with E-state index in [1.807, 2.05) is 0 Å². The van der Waals surface area contributed by atoms with Crippen molar-refractivity contribution in [3.8, 4) is 0 Å². The minimum atomic E-state index is 1.07. The SMILES string of the molecule is C1=CCC(C2=CCC=C2c2ccccc2)=C1. The Kier molecular flexibility index (Phi) is 2.34. The number of benzene rings is 1. The lowest BCUT2D eigenvalue weighted by Crippen LogP contribution is -1.89. The molecule has 0 bridgehead atoms. The normalized spacial score (nSPS) is 18.4. The first-order valence-electron chi connectivity index (χ1n) is 5.77. The highest BCUT2D eigenvalue weighted by Crippen LogP contribution is 2.36. The van der Waals surface area contributed by atoms with Crippen LogP contribution in [0.2, 0.25) is 0 Å². The molecule has 0 unspecified atom stereocenters. The van der Waals surface area contributed by atoms with Gasteiger partial charge in [0.1, 0.15) is 0 Å². The second-order valence-electron chi connectivity index (χ2n) is 4.16. The van der Waals surface area contributed by atoms with E-state index >= 15 is 0 Å². The molecule has 0 spiro atoms. The van der Waals surface area contributed by atoms with Gasteiger partial charge in [-0.1, -0.05) is 60.7 Å². The van der Waals surface area contributed by atoms with Gasteiger partial charge in [-0.15, -0.1) is 0 Å². The van der Waals surface area contributed by atoms with E-state index in [0.717, 1.165) is 12.8 Å². The minimum absolute atomic E-state index is 1.07. The fourth-order valence-electron chi connectivity index (χ4n) is 2.36. The molecule has 0 nitrogen and oxygen atoms in total. The van der Waals surface area contributed by atoms with E-state index in [9.17, 15) is 0 Å². The Bertz CT molecular complexity index is 510. The molecule has 16 heavy (non-hydrogen) atoms. The maximum Gasteiger partial charge on any atom is -0.00883 e. The minimum Gasteiger partial charge on any atom is -0.0801 e. The van der Waals surface area contributed by atoms with Gasteiger partial charge in [0, 0.05) is 0 Å². The zero-order chi connectivity index (χ0) is 10.8. The summed E-state index contributed by atoms with van der Waals surface area (Å²) in [7, 11) is 0. The van der Waals surface area contributed by atoms with Crippen LogP contribution in [0.15, 0.2) is 71.9 Å². The van der Waals surface area contributed by atoms with Gasteiger partial charge in [-0.05, 0) is 35.1 Å². The zero-order valence-corrected chi connectivity index (χ0v) is 9.19. The summed E-state index contributed by atoms with van der Waals surface area (Å²) in [6.45, 7) is 0. The molecule has 78 valence electrons. The Morgan fingerprint density at radius 3 is 2.44 bits per heavy atom. The van der Waals surface area contributed by atoms with Gasteiger partial charge in [-0.2, -0.15) is 0 Å². The number of hydrogen-bond donors (Lipinski definition) is 0. The summed E-state index contributed by atoms with van der Waals surface area (Å²) >= 11 is 0. The van der Waals surface area contributed by atoms with Gasteiger partial charge in [0.05, 0.1) is 0 Å². The Labute approximate surface area is 96.3 Å². The molecule has 0 heterocycles. The maximum atomic E-state index is 2.33. The Balaban J connectivity index is 1.95. The van der Waals surface area contributed by atoms with Crippen LogP contribution < -0.4 is 0 Å². The predicted molar refractivity (Wildman–Crippen MR) is 69.0 cm³/mol. The van der Waals surface area contributed by atoms with Crippen LogP contribution in [0.5, 0.6) is 0 Å². The fourth-order valence-corrected chi connectivity index (χ4v) is 2.36. The van der Waals surface area contributed by atoms with Crippen molar-refractivity contribution in [2.24, 2.45) is 0 Å². The third kappa shape index (κ3) is 1.57. The lowest BCUT2D eigenvalue weighted by molar-refractivity contribution is 1.28. The largest absolute Gasteiger partial charge is 0.0801 e. The highest BCUT2D eigenvalue weighted by molar-refractivity contribution is 5.86. The van der Waals surface area contributed by atoms with Crippen LogP contribution >= 0.6 is 0 Å². The standard InChI is InChI=1S/C16H14/c1-2-7-13(8-3-1)15-11-6-12-16(15)14-9-4-5-10-14/h1-5,7-9,11-12H,6,10H2. The highest BCUT2D eigenvalue weighted by atomic mass is 14.2. The fraction of sp³-hybridized carbons (Fsp3) is 0.125. The van der Waals surface area contributed by atoms with Gasteiger partial charge in [0.15, 0.2) is 0 Å². The van der Waals surface area contributed by atoms with Crippen LogP contribution in [0.4, 0.5) is 0 Å². The molecule has 0 saturated heterocycles. The third-order valence-corrected chi connectivity index (χ3v) is 3.14. The summed E-state index contributed by atoms with van der Waals surface area (Å²) in [6.07, 6.45) is 13.4. The molecule has 0 aromatic heterocycles. The molecule has 0 amide bonds. The lowest BCUT2D eigenvalue weighted by Gasteiger charge is -2.10. The van der Waals surface area contributed by atoms with Crippen molar-refractivity contribution in [3.05, 3.63) is 77.4 Å². The van der Waals surface area contributed by atoms with E-state index < -0.39 is 0 Å². The van der Waals surface area contributed by atoms with Crippen molar-refractivity contribution in [2.45, 2.75) is 12.8 Å². The number of hydrogen-bond acceptors (Lipinski definition) is 0. The van der Waals surface area contributed by atoms with Gasteiger partial charge < -0.3 is 0 Å². The highest BCUT2D eigenvalue weighted by Gasteiger charge is 2.15. The van der Waals surface area contributed by atoms with Crippen molar-refractivity contribution in [3.63, 3.8) is 0 Å². The maximum absolute atomic E-state index is 2.33. The molecular formula is C16H14. The molecule has 2 aliphatic rings. The molecule has 1 aromatic rings. The van der Waals surface area contributed by atoms with Crippen LogP contribution in [0.3, 0.4) is 0 Å². The summed E-state index contributed by atoms with van der Waals surface area (Å²) in [4.78, 5) is 0. The van der Waals surface area contributed by atoms with Crippen LogP contribution in [0, 0.1) is 0 Å². The van der Waals surface area contributed by atoms with E-state index in [4.69, 9.17) is 0 Å². The van der Waals surface area contributed by atoms with E-state index in [-0.39, 0.29) is 0 Å². The first-order chi connectivity index (χ1) is 7.95. The van der Waals surface area contributed by atoms with E-state index in [1.54, 1.807) is 0 Å². The number of allylic oxidation sites excluding steroid dienone is 8. The molecule has 0 radical (unpaired) electrons. The third-order valence-electron chi connectivity index (χ3n) is 3.14. The zero-order valence-electron chi connectivity index (χ0n) is 9.19. The molecule has 3 rings (SSSR count). The average molecular weight is 206 g/mol. The van der Waals surface area contributed by atoms with Crippen molar-refractivity contribution in [1.29, 1.82) is 0 Å². The summed E-state index contributed by atoms with van der Waals surface area (Å²) in [5.41, 5.74) is 5.61. The average Bonchev–Trinajstić information content (AvgIpc) is 3.01. The van der Waals surface area contributed by atoms with Crippen LogP contribution in [0.25, 0.3) is 5.57 Å². The molecule has 0 saturated carbocycles.